The van der Waals surface area contributed by atoms with Gasteiger partial charge in [0.05, 0.1) is 24.7 Å². The average Bonchev–Trinajstić information content (AvgIpc) is 3.51. The van der Waals surface area contributed by atoms with Crippen molar-refractivity contribution in [2.24, 2.45) is 0 Å². The highest BCUT2D eigenvalue weighted by molar-refractivity contribution is 9.10. The van der Waals surface area contributed by atoms with Gasteiger partial charge in [-0.15, -0.1) is 0 Å². The number of methoxy groups -OCH3 is 2. The van der Waals surface area contributed by atoms with Gasteiger partial charge in [0, 0.05) is 17.1 Å². The molecule has 3 rings (SSSR count). The van der Waals surface area contributed by atoms with Crippen LogP contribution in [0.25, 0.3) is 0 Å². The lowest BCUT2D eigenvalue weighted by Crippen LogP contribution is -2.28. The first-order valence-corrected chi connectivity index (χ1v) is 11.4. The highest BCUT2D eigenvalue weighted by Crippen LogP contribution is 2.28. The van der Waals surface area contributed by atoms with Crippen LogP contribution in [0.3, 0.4) is 0 Å². The summed E-state index contributed by atoms with van der Waals surface area (Å²) in [5.41, 5.74) is 1.25. The number of carbonyl (C=O) groups is 1. The predicted molar refractivity (Wildman–Crippen MR) is 113 cm³/mol. The van der Waals surface area contributed by atoms with Crippen LogP contribution < -0.4 is 19.5 Å². The zero-order chi connectivity index (χ0) is 21.0. The first-order valence-electron chi connectivity index (χ1n) is 9.15. The molecule has 156 valence electrons. The number of nitrogens with one attached hydrogen (secondary N) is 2. The summed E-state index contributed by atoms with van der Waals surface area (Å²) >= 11 is 3.33. The normalized spacial score (nSPS) is 13.8. The van der Waals surface area contributed by atoms with Gasteiger partial charge in [-0.05, 0) is 71.1 Å². The molecule has 0 bridgehead atoms. The molecule has 0 unspecified atom stereocenters. The molecule has 0 radical (unpaired) electrons. The van der Waals surface area contributed by atoms with Crippen LogP contribution in [-0.2, 0) is 16.4 Å². The maximum atomic E-state index is 12.6. The second-order valence-electron chi connectivity index (χ2n) is 6.73. The fourth-order valence-electron chi connectivity index (χ4n) is 2.79. The van der Waals surface area contributed by atoms with E-state index < -0.39 is 10.0 Å². The Morgan fingerprint density at radius 2 is 1.83 bits per heavy atom. The third-order valence-electron chi connectivity index (χ3n) is 4.54. The van der Waals surface area contributed by atoms with E-state index in [0.717, 1.165) is 18.4 Å². The van der Waals surface area contributed by atoms with E-state index in [-0.39, 0.29) is 22.4 Å². The molecule has 9 heteroatoms. The van der Waals surface area contributed by atoms with E-state index in [0.29, 0.717) is 28.9 Å². The highest BCUT2D eigenvalue weighted by Gasteiger charge is 2.28. The first-order chi connectivity index (χ1) is 13.8. The van der Waals surface area contributed by atoms with Gasteiger partial charge in [-0.1, -0.05) is 6.07 Å². The largest absolute Gasteiger partial charge is 0.493 e. The van der Waals surface area contributed by atoms with Crippen LogP contribution in [0, 0.1) is 0 Å². The molecule has 1 saturated carbocycles. The summed E-state index contributed by atoms with van der Waals surface area (Å²) in [5, 5.41) is 2.83. The minimum absolute atomic E-state index is 0.00223. The van der Waals surface area contributed by atoms with Crippen LogP contribution in [-0.4, -0.2) is 41.1 Å². The van der Waals surface area contributed by atoms with Crippen LogP contribution in [0.5, 0.6) is 11.5 Å². The van der Waals surface area contributed by atoms with Crippen LogP contribution in [0.2, 0.25) is 0 Å². The molecular formula is C20H23BrN2O5S. The lowest BCUT2D eigenvalue weighted by Gasteiger charge is -2.11. The van der Waals surface area contributed by atoms with Gasteiger partial charge in [-0.2, -0.15) is 0 Å². The smallest absolute Gasteiger partial charge is 0.252 e. The van der Waals surface area contributed by atoms with Crippen molar-refractivity contribution >= 4 is 31.9 Å². The number of sulfonamides is 1. The molecule has 2 N–H and O–H groups in total. The molecule has 1 amide bonds. The number of hydrogen-bond acceptors (Lipinski definition) is 5. The number of rotatable bonds is 9. The summed E-state index contributed by atoms with van der Waals surface area (Å²) in [6.45, 7) is 0.387. The number of amides is 1. The van der Waals surface area contributed by atoms with E-state index in [2.05, 4.69) is 26.0 Å². The molecule has 0 aliphatic heterocycles. The van der Waals surface area contributed by atoms with Crippen molar-refractivity contribution in [2.45, 2.75) is 30.2 Å². The van der Waals surface area contributed by atoms with Crippen molar-refractivity contribution in [3.8, 4) is 11.5 Å². The van der Waals surface area contributed by atoms with E-state index in [1.54, 1.807) is 20.3 Å². The van der Waals surface area contributed by atoms with Crippen molar-refractivity contribution in [3.05, 3.63) is 52.0 Å². The SMILES string of the molecule is COc1ccc(CCNC(=O)c2cc(S(=O)(=O)NC3CC3)ccc2Br)cc1OC. The Morgan fingerprint density at radius 1 is 1.10 bits per heavy atom. The van der Waals surface area contributed by atoms with Crippen molar-refractivity contribution in [3.63, 3.8) is 0 Å². The number of benzene rings is 2. The molecule has 2 aromatic carbocycles. The Bertz CT molecular complexity index is 1010. The van der Waals surface area contributed by atoms with E-state index >= 15 is 0 Å². The van der Waals surface area contributed by atoms with Crippen molar-refractivity contribution in [1.29, 1.82) is 0 Å². The molecule has 1 aliphatic carbocycles. The van der Waals surface area contributed by atoms with Gasteiger partial charge in [-0.3, -0.25) is 4.79 Å². The number of carbonyl (C=O) groups excluding carboxylic acids is 1. The quantitative estimate of drug-likeness (QED) is 0.572. The van der Waals surface area contributed by atoms with Gasteiger partial charge in [0.25, 0.3) is 5.91 Å². The first kappa shape index (κ1) is 21.6. The molecule has 0 heterocycles. The van der Waals surface area contributed by atoms with Crippen molar-refractivity contribution in [2.75, 3.05) is 20.8 Å². The summed E-state index contributed by atoms with van der Waals surface area (Å²) in [6, 6.07) is 10.0. The van der Waals surface area contributed by atoms with Crippen LogP contribution >= 0.6 is 15.9 Å². The van der Waals surface area contributed by atoms with Gasteiger partial charge >= 0.3 is 0 Å². The van der Waals surface area contributed by atoms with E-state index in [1.165, 1.54) is 12.1 Å². The standard InChI is InChI=1S/C20H23BrN2O5S/c1-27-18-8-3-13(11-19(18)28-2)9-10-22-20(24)16-12-15(6-7-17(16)21)29(25,26)23-14-4-5-14/h3,6-8,11-12,14,23H,4-5,9-10H2,1-2H3,(H,22,24). The van der Waals surface area contributed by atoms with Crippen LogP contribution in [0.4, 0.5) is 0 Å². The average molecular weight is 483 g/mol. The second-order valence-corrected chi connectivity index (χ2v) is 9.30. The Hall–Kier alpha value is -2.10. The summed E-state index contributed by atoms with van der Waals surface area (Å²) in [4.78, 5) is 12.7. The monoisotopic (exact) mass is 482 g/mol. The van der Waals surface area contributed by atoms with E-state index in [9.17, 15) is 13.2 Å². The summed E-state index contributed by atoms with van der Waals surface area (Å²) in [6.07, 6.45) is 2.28. The van der Waals surface area contributed by atoms with Gasteiger partial charge in [0.2, 0.25) is 10.0 Å². The number of hydrogen-bond donors (Lipinski definition) is 2. The molecule has 1 aliphatic rings. The Kier molecular flexibility index (Phi) is 6.81. The Labute approximate surface area is 179 Å². The topological polar surface area (TPSA) is 93.7 Å². The molecule has 29 heavy (non-hydrogen) atoms. The second kappa shape index (κ2) is 9.15. The zero-order valence-electron chi connectivity index (χ0n) is 16.2. The molecule has 0 atom stereocenters. The lowest BCUT2D eigenvalue weighted by atomic mass is 10.1. The molecule has 0 spiro atoms. The van der Waals surface area contributed by atoms with Gasteiger partial charge in [-0.25, -0.2) is 13.1 Å². The third kappa shape index (κ3) is 5.49. The summed E-state index contributed by atoms with van der Waals surface area (Å²) in [7, 11) is -0.481. The molecule has 0 saturated heterocycles. The van der Waals surface area contributed by atoms with E-state index in [4.69, 9.17) is 9.47 Å². The van der Waals surface area contributed by atoms with E-state index in [1.807, 2.05) is 18.2 Å². The fraction of sp³-hybridized carbons (Fsp3) is 0.350. The van der Waals surface area contributed by atoms with Crippen molar-refractivity contribution < 1.29 is 22.7 Å². The van der Waals surface area contributed by atoms with Gasteiger partial charge in [0.1, 0.15) is 0 Å². The van der Waals surface area contributed by atoms with Gasteiger partial charge < -0.3 is 14.8 Å². The van der Waals surface area contributed by atoms with Gasteiger partial charge in [0.15, 0.2) is 11.5 Å². The van der Waals surface area contributed by atoms with Crippen LogP contribution in [0.1, 0.15) is 28.8 Å². The molecule has 1 fully saturated rings. The van der Waals surface area contributed by atoms with Crippen molar-refractivity contribution in [1.82, 2.24) is 10.0 Å². The lowest BCUT2D eigenvalue weighted by molar-refractivity contribution is 0.0953. The maximum absolute atomic E-state index is 12.6. The highest BCUT2D eigenvalue weighted by atomic mass is 79.9. The third-order valence-corrected chi connectivity index (χ3v) is 6.75. The summed E-state index contributed by atoms with van der Waals surface area (Å²) < 4.78 is 38.5. The minimum atomic E-state index is -3.62. The Morgan fingerprint density at radius 3 is 2.48 bits per heavy atom. The van der Waals surface area contributed by atoms with Crippen LogP contribution in [0.15, 0.2) is 45.8 Å². The summed E-state index contributed by atoms with van der Waals surface area (Å²) in [5.74, 6) is 0.919. The fourth-order valence-corrected chi connectivity index (χ4v) is 4.54. The minimum Gasteiger partial charge on any atom is -0.493 e. The Balaban J connectivity index is 1.65. The molecule has 7 nitrogen and oxygen atoms in total. The molecule has 2 aromatic rings. The maximum Gasteiger partial charge on any atom is 0.252 e. The molecule has 0 aromatic heterocycles. The number of halogens is 1. The number of ether oxygens (including phenoxy) is 2. The predicted octanol–water partition coefficient (Wildman–Crippen LogP) is 2.88. The molecular weight excluding hydrogens is 460 g/mol. The zero-order valence-corrected chi connectivity index (χ0v) is 18.6.